The van der Waals surface area contributed by atoms with E-state index in [0.717, 1.165) is 0 Å². The lowest BCUT2D eigenvalue weighted by molar-refractivity contribution is -0.138. The molecule has 1 atom stereocenters. The van der Waals surface area contributed by atoms with E-state index in [1.165, 1.54) is 6.20 Å². The molecule has 2 rings (SSSR count). The van der Waals surface area contributed by atoms with Crippen molar-refractivity contribution in [3.05, 3.63) is 17.8 Å². The number of H-pyrrole nitrogens is 1. The van der Waals surface area contributed by atoms with Crippen LogP contribution in [0.5, 0.6) is 0 Å². The summed E-state index contributed by atoms with van der Waals surface area (Å²) in [6.07, 6.45) is 1.38. The predicted molar refractivity (Wildman–Crippen MR) is 46.2 cm³/mol. The van der Waals surface area contributed by atoms with Crippen LogP contribution in [-0.2, 0) is 4.79 Å². The SMILES string of the molecule is NC(C(=O)O)c1cnc2n[nH]nc2c1. The van der Waals surface area contributed by atoms with E-state index in [9.17, 15) is 4.79 Å². The van der Waals surface area contributed by atoms with Crippen molar-refractivity contribution in [1.82, 2.24) is 20.4 Å². The molecule has 14 heavy (non-hydrogen) atoms. The van der Waals surface area contributed by atoms with Gasteiger partial charge in [0.15, 0.2) is 0 Å². The second kappa shape index (κ2) is 3.04. The van der Waals surface area contributed by atoms with Gasteiger partial charge in [0, 0.05) is 11.8 Å². The first-order valence-electron chi connectivity index (χ1n) is 3.83. The first kappa shape index (κ1) is 8.57. The third-order valence-corrected chi connectivity index (χ3v) is 1.82. The Morgan fingerprint density at radius 3 is 3.07 bits per heavy atom. The highest BCUT2D eigenvalue weighted by atomic mass is 16.4. The Balaban J connectivity index is 2.48. The Labute approximate surface area is 77.9 Å². The average Bonchev–Trinajstić information content (AvgIpc) is 2.62. The van der Waals surface area contributed by atoms with Crippen molar-refractivity contribution in [3.63, 3.8) is 0 Å². The second-order valence-corrected chi connectivity index (χ2v) is 2.75. The van der Waals surface area contributed by atoms with Gasteiger partial charge in [-0.05, 0) is 6.07 Å². The normalized spacial score (nSPS) is 12.9. The molecule has 1 unspecified atom stereocenters. The van der Waals surface area contributed by atoms with Crippen LogP contribution in [0.2, 0.25) is 0 Å². The quantitative estimate of drug-likeness (QED) is 0.588. The minimum Gasteiger partial charge on any atom is -0.480 e. The molecule has 0 aliphatic carbocycles. The van der Waals surface area contributed by atoms with Crippen molar-refractivity contribution in [2.45, 2.75) is 6.04 Å². The molecule has 0 amide bonds. The summed E-state index contributed by atoms with van der Waals surface area (Å²) in [5.74, 6) is -1.10. The van der Waals surface area contributed by atoms with Crippen LogP contribution in [0.3, 0.4) is 0 Å². The van der Waals surface area contributed by atoms with Gasteiger partial charge in [0.25, 0.3) is 0 Å². The van der Waals surface area contributed by atoms with Crippen LogP contribution in [0.1, 0.15) is 11.6 Å². The second-order valence-electron chi connectivity index (χ2n) is 2.75. The number of aromatic nitrogens is 4. The van der Waals surface area contributed by atoms with Gasteiger partial charge in [-0.25, -0.2) is 4.98 Å². The molecule has 0 spiro atoms. The third kappa shape index (κ3) is 1.29. The molecule has 2 aromatic rings. The molecule has 0 aromatic carbocycles. The highest BCUT2D eigenvalue weighted by Crippen LogP contribution is 2.13. The number of carboxylic acids is 1. The summed E-state index contributed by atoms with van der Waals surface area (Å²) >= 11 is 0. The number of nitrogens with one attached hydrogen (secondary N) is 1. The number of nitrogens with zero attached hydrogens (tertiary/aromatic N) is 3. The van der Waals surface area contributed by atoms with Crippen LogP contribution < -0.4 is 5.73 Å². The van der Waals surface area contributed by atoms with Gasteiger partial charge >= 0.3 is 5.97 Å². The lowest BCUT2D eigenvalue weighted by Crippen LogP contribution is -2.20. The number of aliphatic carboxylic acids is 1. The maximum atomic E-state index is 10.6. The summed E-state index contributed by atoms with van der Waals surface area (Å²) in [6, 6.07) is 0.466. The zero-order valence-electron chi connectivity index (χ0n) is 7.01. The van der Waals surface area contributed by atoms with E-state index >= 15 is 0 Å². The molecule has 0 radical (unpaired) electrons. The average molecular weight is 193 g/mol. The highest BCUT2D eigenvalue weighted by molar-refractivity contribution is 5.77. The molecule has 0 bridgehead atoms. The summed E-state index contributed by atoms with van der Waals surface area (Å²) in [5, 5.41) is 18.5. The van der Waals surface area contributed by atoms with Crippen LogP contribution in [0, 0.1) is 0 Å². The molecule has 0 aliphatic heterocycles. The standard InChI is InChI=1S/C7H7N5O2/c8-5(7(13)14)3-1-4-6(9-2-3)11-12-10-4/h1-2,5H,8H2,(H,13,14)(H,9,10,11,12). The molecule has 0 fully saturated rings. The van der Waals surface area contributed by atoms with Crippen molar-refractivity contribution in [3.8, 4) is 0 Å². The fraction of sp³-hybridized carbons (Fsp3) is 0.143. The van der Waals surface area contributed by atoms with E-state index in [-0.39, 0.29) is 0 Å². The lowest BCUT2D eigenvalue weighted by atomic mass is 10.1. The molecule has 7 heteroatoms. The van der Waals surface area contributed by atoms with E-state index in [1.807, 2.05) is 0 Å². The van der Waals surface area contributed by atoms with Crippen molar-refractivity contribution in [2.75, 3.05) is 0 Å². The van der Waals surface area contributed by atoms with Crippen LogP contribution in [0.25, 0.3) is 11.2 Å². The molecular formula is C7H7N5O2. The van der Waals surface area contributed by atoms with Crippen molar-refractivity contribution < 1.29 is 9.90 Å². The first-order chi connectivity index (χ1) is 6.68. The molecule has 0 saturated heterocycles. The van der Waals surface area contributed by atoms with E-state index in [1.54, 1.807) is 6.07 Å². The maximum Gasteiger partial charge on any atom is 0.325 e. The van der Waals surface area contributed by atoms with Crippen LogP contribution in [-0.4, -0.2) is 31.5 Å². The molecule has 72 valence electrons. The third-order valence-electron chi connectivity index (χ3n) is 1.82. The molecule has 7 nitrogen and oxygen atoms in total. The summed E-state index contributed by atoms with van der Waals surface area (Å²) in [6.45, 7) is 0. The minimum absolute atomic E-state index is 0.402. The first-order valence-corrected chi connectivity index (χ1v) is 3.83. The van der Waals surface area contributed by atoms with E-state index in [2.05, 4.69) is 20.4 Å². The van der Waals surface area contributed by atoms with Crippen molar-refractivity contribution in [1.29, 1.82) is 0 Å². The van der Waals surface area contributed by atoms with Gasteiger partial charge in [-0.15, -0.1) is 5.10 Å². The van der Waals surface area contributed by atoms with Crippen LogP contribution in [0.4, 0.5) is 0 Å². The maximum absolute atomic E-state index is 10.6. The van der Waals surface area contributed by atoms with Crippen molar-refractivity contribution >= 4 is 17.1 Å². The van der Waals surface area contributed by atoms with Gasteiger partial charge in [0.2, 0.25) is 5.65 Å². The monoisotopic (exact) mass is 193 g/mol. The molecule has 0 saturated carbocycles. The van der Waals surface area contributed by atoms with E-state index in [4.69, 9.17) is 10.8 Å². The number of hydrogen-bond acceptors (Lipinski definition) is 5. The number of carboxylic acid groups (broad SMARTS) is 1. The van der Waals surface area contributed by atoms with Crippen LogP contribution >= 0.6 is 0 Å². The fourth-order valence-corrected chi connectivity index (χ4v) is 1.07. The topological polar surface area (TPSA) is 118 Å². The number of nitrogens with two attached hydrogens (primary N) is 1. The smallest absolute Gasteiger partial charge is 0.325 e. The number of aromatic amines is 1. The molecule has 0 aliphatic rings. The molecule has 2 heterocycles. The van der Waals surface area contributed by atoms with Crippen molar-refractivity contribution in [2.24, 2.45) is 5.73 Å². The number of carbonyl (C=O) groups is 1. The van der Waals surface area contributed by atoms with E-state index in [0.29, 0.717) is 16.7 Å². The molecular weight excluding hydrogens is 186 g/mol. The summed E-state index contributed by atoms with van der Waals surface area (Å²) in [5.41, 5.74) is 6.74. The van der Waals surface area contributed by atoms with Gasteiger partial charge in [-0.2, -0.15) is 10.3 Å². The summed E-state index contributed by atoms with van der Waals surface area (Å²) in [7, 11) is 0. The van der Waals surface area contributed by atoms with Gasteiger partial charge in [-0.1, -0.05) is 0 Å². The Bertz CT molecular complexity index is 480. The minimum atomic E-state index is -1.10. The van der Waals surface area contributed by atoms with Gasteiger partial charge in [-0.3, -0.25) is 4.79 Å². The van der Waals surface area contributed by atoms with Crippen LogP contribution in [0.15, 0.2) is 12.3 Å². The Morgan fingerprint density at radius 2 is 2.36 bits per heavy atom. The number of fused-ring (bicyclic) bond motifs is 1. The molecule has 4 N–H and O–H groups in total. The number of rotatable bonds is 2. The van der Waals surface area contributed by atoms with Gasteiger partial charge in [0.1, 0.15) is 11.6 Å². The summed E-state index contributed by atoms with van der Waals surface area (Å²) < 4.78 is 0. The predicted octanol–water partition coefficient (Wildman–Crippen LogP) is -0.563. The zero-order chi connectivity index (χ0) is 10.1. The molecule has 2 aromatic heterocycles. The summed E-state index contributed by atoms with van der Waals surface area (Å²) in [4.78, 5) is 14.5. The van der Waals surface area contributed by atoms with E-state index < -0.39 is 12.0 Å². The fourth-order valence-electron chi connectivity index (χ4n) is 1.07. The van der Waals surface area contributed by atoms with Gasteiger partial charge in [0.05, 0.1) is 0 Å². The number of pyridine rings is 1. The Hall–Kier alpha value is -2.02. The number of hydrogen-bond donors (Lipinski definition) is 3. The van der Waals surface area contributed by atoms with Gasteiger partial charge < -0.3 is 10.8 Å². The Kier molecular flexibility index (Phi) is 1.86. The zero-order valence-corrected chi connectivity index (χ0v) is 7.01. The highest BCUT2D eigenvalue weighted by Gasteiger charge is 2.15. The largest absolute Gasteiger partial charge is 0.480 e. The lowest BCUT2D eigenvalue weighted by Gasteiger charge is -2.04. The Morgan fingerprint density at radius 1 is 1.57 bits per heavy atom.